The Morgan fingerprint density at radius 1 is 1.35 bits per heavy atom. The predicted octanol–water partition coefficient (Wildman–Crippen LogP) is 2.91. The van der Waals surface area contributed by atoms with Crippen LogP contribution < -0.4 is 10.6 Å². The van der Waals surface area contributed by atoms with Gasteiger partial charge in [0.15, 0.2) is 0 Å². The maximum absolute atomic E-state index is 11.9. The second-order valence-electron chi connectivity index (χ2n) is 6.38. The van der Waals surface area contributed by atoms with Gasteiger partial charge in [-0.1, -0.05) is 25.3 Å². The molecule has 0 aliphatic heterocycles. The van der Waals surface area contributed by atoms with Gasteiger partial charge in [0, 0.05) is 25.0 Å². The van der Waals surface area contributed by atoms with Crippen molar-refractivity contribution in [2.45, 2.75) is 58.0 Å². The zero-order valence-electron chi connectivity index (χ0n) is 12.1. The Hall–Kier alpha value is -1.58. The number of hydrogen-bond donors (Lipinski definition) is 2. The molecule has 1 aromatic rings. The van der Waals surface area contributed by atoms with E-state index < -0.39 is 0 Å². The van der Waals surface area contributed by atoms with Crippen molar-refractivity contribution in [3.05, 3.63) is 29.6 Å². The van der Waals surface area contributed by atoms with Crippen molar-refractivity contribution in [1.29, 1.82) is 0 Å². The van der Waals surface area contributed by atoms with E-state index in [-0.39, 0.29) is 6.03 Å². The molecule has 1 heterocycles. The largest absolute Gasteiger partial charge is 0.335 e. The first-order chi connectivity index (χ1) is 9.68. The lowest BCUT2D eigenvalue weighted by molar-refractivity contribution is 0.235. The second kappa shape index (κ2) is 5.43. The van der Waals surface area contributed by atoms with Crippen LogP contribution in [0.4, 0.5) is 4.79 Å². The fourth-order valence-electron chi connectivity index (χ4n) is 3.47. The Labute approximate surface area is 120 Å². The highest BCUT2D eigenvalue weighted by molar-refractivity contribution is 5.74. The number of pyridine rings is 1. The van der Waals surface area contributed by atoms with E-state index in [9.17, 15) is 4.79 Å². The third-order valence-corrected chi connectivity index (χ3v) is 4.73. The van der Waals surface area contributed by atoms with Gasteiger partial charge in [0.2, 0.25) is 0 Å². The molecule has 108 valence electrons. The summed E-state index contributed by atoms with van der Waals surface area (Å²) in [6.07, 6.45) is 11.4. The van der Waals surface area contributed by atoms with Crippen molar-refractivity contribution in [2.75, 3.05) is 0 Å². The van der Waals surface area contributed by atoms with Gasteiger partial charge >= 0.3 is 6.03 Å². The Morgan fingerprint density at radius 3 is 2.90 bits per heavy atom. The van der Waals surface area contributed by atoms with Crippen LogP contribution in [-0.4, -0.2) is 17.1 Å². The molecule has 2 aliphatic rings. The van der Waals surface area contributed by atoms with E-state index in [2.05, 4.69) is 15.6 Å². The lowest BCUT2D eigenvalue weighted by atomic mass is 9.86. The average molecular weight is 273 g/mol. The van der Waals surface area contributed by atoms with Gasteiger partial charge in [0.05, 0.1) is 0 Å². The third kappa shape index (κ3) is 2.94. The highest BCUT2D eigenvalue weighted by Crippen LogP contribution is 2.56. The van der Waals surface area contributed by atoms with Gasteiger partial charge in [-0.3, -0.25) is 4.98 Å². The van der Waals surface area contributed by atoms with E-state index in [0.29, 0.717) is 18.0 Å². The van der Waals surface area contributed by atoms with E-state index in [1.54, 1.807) is 6.20 Å². The summed E-state index contributed by atoms with van der Waals surface area (Å²) in [6.45, 7) is 2.55. The monoisotopic (exact) mass is 273 g/mol. The Bertz CT molecular complexity index is 494. The van der Waals surface area contributed by atoms with Gasteiger partial charge in [0.25, 0.3) is 0 Å². The number of hydrogen-bond acceptors (Lipinski definition) is 2. The van der Waals surface area contributed by atoms with Gasteiger partial charge in [-0.05, 0) is 42.7 Å². The SMILES string of the molecule is Cc1cncc(CNC(=O)N[C@@H]2CC23CCCCC3)c1. The molecule has 3 rings (SSSR count). The highest BCUT2D eigenvalue weighted by atomic mass is 16.2. The van der Waals surface area contributed by atoms with Crippen LogP contribution in [0.25, 0.3) is 0 Å². The molecule has 0 bridgehead atoms. The Morgan fingerprint density at radius 2 is 2.15 bits per heavy atom. The number of aromatic nitrogens is 1. The summed E-state index contributed by atoms with van der Waals surface area (Å²) in [5, 5.41) is 6.06. The van der Waals surface area contributed by atoms with Crippen LogP contribution in [0, 0.1) is 12.3 Å². The zero-order valence-corrected chi connectivity index (χ0v) is 12.1. The van der Waals surface area contributed by atoms with Crippen LogP contribution in [0.5, 0.6) is 0 Å². The molecule has 2 saturated carbocycles. The molecular formula is C16H23N3O. The normalized spacial score (nSPS) is 23.4. The van der Waals surface area contributed by atoms with Crippen molar-refractivity contribution in [3.8, 4) is 0 Å². The first-order valence-corrected chi connectivity index (χ1v) is 7.63. The average Bonchev–Trinajstić information content (AvgIpc) is 3.09. The second-order valence-corrected chi connectivity index (χ2v) is 6.38. The third-order valence-electron chi connectivity index (χ3n) is 4.73. The van der Waals surface area contributed by atoms with E-state index in [1.165, 1.54) is 38.5 Å². The number of nitrogens with one attached hydrogen (secondary N) is 2. The topological polar surface area (TPSA) is 54.0 Å². The van der Waals surface area contributed by atoms with Crippen molar-refractivity contribution in [3.63, 3.8) is 0 Å². The van der Waals surface area contributed by atoms with Crippen LogP contribution >= 0.6 is 0 Å². The lowest BCUT2D eigenvalue weighted by Crippen LogP contribution is -2.38. The molecule has 4 nitrogen and oxygen atoms in total. The fraction of sp³-hybridized carbons (Fsp3) is 0.625. The van der Waals surface area contributed by atoms with E-state index in [0.717, 1.165) is 11.1 Å². The summed E-state index contributed by atoms with van der Waals surface area (Å²) >= 11 is 0. The maximum atomic E-state index is 11.9. The minimum Gasteiger partial charge on any atom is -0.335 e. The molecule has 0 unspecified atom stereocenters. The van der Waals surface area contributed by atoms with E-state index >= 15 is 0 Å². The van der Waals surface area contributed by atoms with Crippen molar-refractivity contribution in [1.82, 2.24) is 15.6 Å². The Balaban J connectivity index is 1.44. The van der Waals surface area contributed by atoms with Crippen LogP contribution in [0.2, 0.25) is 0 Å². The molecule has 2 N–H and O–H groups in total. The van der Waals surface area contributed by atoms with Crippen LogP contribution in [0.15, 0.2) is 18.5 Å². The zero-order chi connectivity index (χ0) is 14.0. The number of nitrogens with zero attached hydrogens (tertiary/aromatic N) is 1. The quantitative estimate of drug-likeness (QED) is 0.889. The summed E-state index contributed by atoms with van der Waals surface area (Å²) in [5.74, 6) is 0. The van der Waals surface area contributed by atoms with Crippen molar-refractivity contribution < 1.29 is 4.79 Å². The lowest BCUT2D eigenvalue weighted by Gasteiger charge is -2.22. The molecular weight excluding hydrogens is 250 g/mol. The van der Waals surface area contributed by atoms with E-state index in [1.807, 2.05) is 19.2 Å². The first-order valence-electron chi connectivity index (χ1n) is 7.63. The van der Waals surface area contributed by atoms with Gasteiger partial charge < -0.3 is 10.6 Å². The number of amides is 2. The summed E-state index contributed by atoms with van der Waals surface area (Å²) < 4.78 is 0. The summed E-state index contributed by atoms with van der Waals surface area (Å²) in [7, 11) is 0. The Kier molecular flexibility index (Phi) is 3.64. The highest BCUT2D eigenvalue weighted by Gasteiger charge is 2.54. The molecule has 0 radical (unpaired) electrons. The van der Waals surface area contributed by atoms with Gasteiger partial charge in [-0.25, -0.2) is 4.79 Å². The molecule has 2 aliphatic carbocycles. The maximum Gasteiger partial charge on any atom is 0.315 e. The smallest absolute Gasteiger partial charge is 0.315 e. The van der Waals surface area contributed by atoms with Crippen LogP contribution in [0.1, 0.15) is 49.7 Å². The standard InChI is InChI=1S/C16H23N3O/c1-12-7-13(10-17-9-12)11-18-15(20)19-14-8-16(14)5-3-2-4-6-16/h7,9-10,14H,2-6,8,11H2,1H3,(H2,18,19,20)/t14-/m1/s1. The molecule has 2 amide bonds. The van der Waals surface area contributed by atoms with Crippen molar-refractivity contribution in [2.24, 2.45) is 5.41 Å². The minimum absolute atomic E-state index is 0.0426. The van der Waals surface area contributed by atoms with Crippen molar-refractivity contribution >= 4 is 6.03 Å². The van der Waals surface area contributed by atoms with Gasteiger partial charge in [0.1, 0.15) is 0 Å². The van der Waals surface area contributed by atoms with Gasteiger partial charge in [-0.15, -0.1) is 0 Å². The minimum atomic E-state index is -0.0426. The number of aryl methyl sites for hydroxylation is 1. The summed E-state index contributed by atoms with van der Waals surface area (Å²) in [6, 6.07) is 2.41. The molecule has 2 fully saturated rings. The predicted molar refractivity (Wildman–Crippen MR) is 78.3 cm³/mol. The number of rotatable bonds is 3. The molecule has 20 heavy (non-hydrogen) atoms. The van der Waals surface area contributed by atoms with Gasteiger partial charge in [-0.2, -0.15) is 0 Å². The summed E-state index contributed by atoms with van der Waals surface area (Å²) in [5.41, 5.74) is 2.61. The number of carbonyl (C=O) groups excluding carboxylic acids is 1. The number of urea groups is 1. The van der Waals surface area contributed by atoms with Crippen LogP contribution in [0.3, 0.4) is 0 Å². The molecule has 4 heteroatoms. The molecule has 0 saturated heterocycles. The fourth-order valence-corrected chi connectivity index (χ4v) is 3.47. The number of carbonyl (C=O) groups is 1. The molecule has 1 spiro atoms. The molecule has 0 aromatic carbocycles. The molecule has 1 aromatic heterocycles. The molecule has 1 atom stereocenters. The summed E-state index contributed by atoms with van der Waals surface area (Å²) in [4.78, 5) is 16.1. The van der Waals surface area contributed by atoms with Crippen LogP contribution in [-0.2, 0) is 6.54 Å². The van der Waals surface area contributed by atoms with E-state index in [4.69, 9.17) is 0 Å². The first kappa shape index (κ1) is 13.4.